The van der Waals surface area contributed by atoms with Crippen LogP contribution in [0.3, 0.4) is 0 Å². The summed E-state index contributed by atoms with van der Waals surface area (Å²) in [5.41, 5.74) is 4.50. The molecule has 2 aromatic heterocycles. The molecule has 1 aromatic carbocycles. The van der Waals surface area contributed by atoms with Crippen LogP contribution in [0, 0.1) is 13.8 Å². The van der Waals surface area contributed by atoms with Crippen molar-refractivity contribution in [2.24, 2.45) is 0 Å². The zero-order valence-electron chi connectivity index (χ0n) is 12.4. The molecule has 0 amide bonds. The first-order valence-corrected chi connectivity index (χ1v) is 7.53. The molecule has 0 aliphatic rings. The van der Waals surface area contributed by atoms with Gasteiger partial charge in [0.05, 0.1) is 17.8 Å². The molecule has 5 heteroatoms. The van der Waals surface area contributed by atoms with E-state index in [4.69, 9.17) is 27.9 Å². The minimum atomic E-state index is 0.328. The second-order valence-corrected chi connectivity index (χ2v) is 5.95. The lowest BCUT2D eigenvalue weighted by Crippen LogP contribution is -1.96. The molecule has 22 heavy (non-hydrogen) atoms. The number of ether oxygens (including phenoxy) is 1. The Morgan fingerprint density at radius 3 is 2.50 bits per heavy atom. The summed E-state index contributed by atoms with van der Waals surface area (Å²) in [6.45, 7) is 4.07. The Morgan fingerprint density at radius 1 is 1.00 bits per heavy atom. The molecular weight excluding hydrogens is 319 g/mol. The molecular formula is C17H14Cl2N2O. The predicted molar refractivity (Wildman–Crippen MR) is 91.0 cm³/mol. The lowest BCUT2D eigenvalue weighted by molar-refractivity contribution is 0.415. The summed E-state index contributed by atoms with van der Waals surface area (Å²) in [6, 6.07) is 9.53. The van der Waals surface area contributed by atoms with Crippen LogP contribution in [0.15, 0.2) is 30.3 Å². The monoisotopic (exact) mass is 332 g/mol. The van der Waals surface area contributed by atoms with E-state index in [-0.39, 0.29) is 0 Å². The van der Waals surface area contributed by atoms with Gasteiger partial charge in [-0.05, 0) is 49.2 Å². The topological polar surface area (TPSA) is 35.0 Å². The van der Waals surface area contributed by atoms with Gasteiger partial charge in [0, 0.05) is 10.9 Å². The number of hydrogen-bond donors (Lipinski definition) is 0. The molecule has 2 heterocycles. The van der Waals surface area contributed by atoms with Crippen molar-refractivity contribution in [2.75, 3.05) is 7.11 Å². The lowest BCUT2D eigenvalue weighted by atomic mass is 10.0. The van der Waals surface area contributed by atoms with Crippen molar-refractivity contribution < 1.29 is 4.74 Å². The first-order chi connectivity index (χ1) is 10.5. The van der Waals surface area contributed by atoms with E-state index in [0.29, 0.717) is 15.8 Å². The average molecular weight is 333 g/mol. The van der Waals surface area contributed by atoms with Gasteiger partial charge in [-0.3, -0.25) is 0 Å². The Morgan fingerprint density at radius 2 is 1.77 bits per heavy atom. The smallest absolute Gasteiger partial charge is 0.162 e. The van der Waals surface area contributed by atoms with Gasteiger partial charge in [-0.25, -0.2) is 9.97 Å². The highest BCUT2D eigenvalue weighted by Crippen LogP contribution is 2.35. The molecule has 0 unspecified atom stereocenters. The van der Waals surface area contributed by atoms with Crippen molar-refractivity contribution in [3.8, 4) is 17.0 Å². The summed E-state index contributed by atoms with van der Waals surface area (Å²) < 4.78 is 5.51. The molecule has 0 spiro atoms. The first kappa shape index (κ1) is 15.1. The molecule has 0 saturated carbocycles. The van der Waals surface area contributed by atoms with Crippen LogP contribution in [0.25, 0.3) is 22.3 Å². The first-order valence-electron chi connectivity index (χ1n) is 6.78. The van der Waals surface area contributed by atoms with Gasteiger partial charge < -0.3 is 4.74 Å². The zero-order valence-corrected chi connectivity index (χ0v) is 14.0. The second kappa shape index (κ2) is 5.75. The van der Waals surface area contributed by atoms with Crippen LogP contribution in [0.5, 0.6) is 5.75 Å². The van der Waals surface area contributed by atoms with E-state index in [9.17, 15) is 0 Å². The van der Waals surface area contributed by atoms with Crippen LogP contribution in [-0.2, 0) is 0 Å². The highest BCUT2D eigenvalue weighted by Gasteiger charge is 2.13. The van der Waals surface area contributed by atoms with Crippen molar-refractivity contribution in [3.05, 3.63) is 51.6 Å². The summed E-state index contributed by atoms with van der Waals surface area (Å²) in [5.74, 6) is 0.789. The number of halogens is 2. The van der Waals surface area contributed by atoms with Crippen molar-refractivity contribution in [1.29, 1.82) is 0 Å². The number of rotatable bonds is 2. The van der Waals surface area contributed by atoms with Gasteiger partial charge in [0.2, 0.25) is 0 Å². The van der Waals surface area contributed by atoms with E-state index in [1.165, 1.54) is 0 Å². The SMILES string of the molecule is COc1cc(C)cc(C)c1-c1ccc2c(Cl)cc(Cl)nc2n1. The number of pyridine rings is 2. The molecule has 0 bridgehead atoms. The summed E-state index contributed by atoms with van der Waals surface area (Å²) >= 11 is 12.2. The van der Waals surface area contributed by atoms with Crippen LogP contribution in [0.1, 0.15) is 11.1 Å². The van der Waals surface area contributed by atoms with Crippen molar-refractivity contribution >= 4 is 34.2 Å². The summed E-state index contributed by atoms with van der Waals surface area (Å²) in [5, 5.41) is 1.65. The lowest BCUT2D eigenvalue weighted by Gasteiger charge is -2.13. The number of aryl methyl sites for hydroxylation is 2. The minimum Gasteiger partial charge on any atom is -0.496 e. The fraction of sp³-hybridized carbons (Fsp3) is 0.176. The fourth-order valence-corrected chi connectivity index (χ4v) is 3.09. The highest BCUT2D eigenvalue weighted by molar-refractivity contribution is 6.37. The predicted octanol–water partition coefficient (Wildman–Crippen LogP) is 5.23. The quantitative estimate of drug-likeness (QED) is 0.602. The molecule has 0 fully saturated rings. The number of hydrogen-bond acceptors (Lipinski definition) is 3. The number of fused-ring (bicyclic) bond motifs is 1. The maximum atomic E-state index is 6.18. The van der Waals surface area contributed by atoms with Gasteiger partial charge in [0.15, 0.2) is 5.65 Å². The van der Waals surface area contributed by atoms with Gasteiger partial charge in [-0.2, -0.15) is 0 Å². The van der Waals surface area contributed by atoms with E-state index in [1.807, 2.05) is 32.0 Å². The van der Waals surface area contributed by atoms with E-state index >= 15 is 0 Å². The Labute approximate surface area is 138 Å². The Kier molecular flexibility index (Phi) is 3.94. The maximum Gasteiger partial charge on any atom is 0.162 e. The number of methoxy groups -OCH3 is 1. The van der Waals surface area contributed by atoms with Gasteiger partial charge in [0.1, 0.15) is 10.9 Å². The van der Waals surface area contributed by atoms with Crippen LogP contribution in [-0.4, -0.2) is 17.1 Å². The van der Waals surface area contributed by atoms with E-state index < -0.39 is 0 Å². The average Bonchev–Trinajstić information content (AvgIpc) is 2.45. The molecule has 3 rings (SSSR count). The van der Waals surface area contributed by atoms with Crippen molar-refractivity contribution in [1.82, 2.24) is 9.97 Å². The Hall–Kier alpha value is -1.84. The normalized spacial score (nSPS) is 11.0. The van der Waals surface area contributed by atoms with Crippen LogP contribution in [0.4, 0.5) is 0 Å². The third-order valence-electron chi connectivity index (χ3n) is 3.51. The Balaban J connectivity index is 2.27. The van der Waals surface area contributed by atoms with E-state index in [0.717, 1.165) is 33.5 Å². The van der Waals surface area contributed by atoms with Gasteiger partial charge >= 0.3 is 0 Å². The van der Waals surface area contributed by atoms with Gasteiger partial charge in [-0.1, -0.05) is 29.3 Å². The third-order valence-corrected chi connectivity index (χ3v) is 4.02. The summed E-state index contributed by atoms with van der Waals surface area (Å²) in [6.07, 6.45) is 0. The van der Waals surface area contributed by atoms with Crippen LogP contribution < -0.4 is 4.74 Å². The molecule has 0 radical (unpaired) electrons. The van der Waals surface area contributed by atoms with E-state index in [2.05, 4.69) is 16.0 Å². The van der Waals surface area contributed by atoms with Gasteiger partial charge in [0.25, 0.3) is 0 Å². The molecule has 3 aromatic rings. The highest BCUT2D eigenvalue weighted by atomic mass is 35.5. The number of benzene rings is 1. The largest absolute Gasteiger partial charge is 0.496 e. The maximum absolute atomic E-state index is 6.18. The standard InChI is InChI=1S/C17H14Cl2N2O/c1-9-6-10(2)16(14(7-9)22-3)13-5-4-11-12(18)8-15(19)21-17(11)20-13/h4-8H,1-3H3. The molecule has 0 N–H and O–H groups in total. The summed E-state index contributed by atoms with van der Waals surface area (Å²) in [7, 11) is 1.66. The summed E-state index contributed by atoms with van der Waals surface area (Å²) in [4.78, 5) is 8.86. The van der Waals surface area contributed by atoms with Crippen LogP contribution >= 0.6 is 23.2 Å². The Bertz CT molecular complexity index is 878. The third kappa shape index (κ3) is 2.62. The van der Waals surface area contributed by atoms with Crippen LogP contribution in [0.2, 0.25) is 10.2 Å². The van der Waals surface area contributed by atoms with E-state index in [1.54, 1.807) is 13.2 Å². The number of aromatic nitrogens is 2. The molecule has 0 aliphatic heterocycles. The molecule has 3 nitrogen and oxygen atoms in total. The molecule has 112 valence electrons. The van der Waals surface area contributed by atoms with Crippen molar-refractivity contribution in [3.63, 3.8) is 0 Å². The molecule has 0 aliphatic carbocycles. The van der Waals surface area contributed by atoms with Gasteiger partial charge in [-0.15, -0.1) is 0 Å². The number of nitrogens with zero attached hydrogens (tertiary/aromatic N) is 2. The minimum absolute atomic E-state index is 0.328. The fourth-order valence-electron chi connectivity index (χ4n) is 2.59. The van der Waals surface area contributed by atoms with Crippen molar-refractivity contribution in [2.45, 2.75) is 13.8 Å². The molecule has 0 atom stereocenters. The second-order valence-electron chi connectivity index (χ2n) is 5.15. The molecule has 0 saturated heterocycles. The zero-order chi connectivity index (χ0) is 15.9.